The number of ether oxygens (including phenoxy) is 2. The van der Waals surface area contributed by atoms with Crippen LogP contribution in [-0.2, 0) is 23.1 Å². The van der Waals surface area contributed by atoms with Crippen LogP contribution < -0.4 is 0 Å². The van der Waals surface area contributed by atoms with E-state index in [1.54, 1.807) is 6.08 Å². The summed E-state index contributed by atoms with van der Waals surface area (Å²) < 4.78 is 31.9. The van der Waals surface area contributed by atoms with E-state index in [0.29, 0.717) is 19.6 Å². The van der Waals surface area contributed by atoms with Crippen LogP contribution in [0.4, 0.5) is 0 Å². The maximum Gasteiger partial charge on any atom is 0.353 e. The van der Waals surface area contributed by atoms with Gasteiger partial charge in [-0.2, -0.15) is 0 Å². The van der Waals surface area contributed by atoms with Crippen molar-refractivity contribution in [3.05, 3.63) is 11.9 Å². The fourth-order valence-electron chi connectivity index (χ4n) is 1.27. The van der Waals surface area contributed by atoms with Crippen LogP contribution in [0.15, 0.2) is 11.9 Å². The standard InChI is InChI=1S/C9H17O5P/c1-9(13-6-7-14-9)5-4-8-15(10,11-2)12-3/h4,8H,5-7H2,1-3H3/b8-4+. The van der Waals surface area contributed by atoms with Crippen molar-refractivity contribution in [2.24, 2.45) is 0 Å². The summed E-state index contributed by atoms with van der Waals surface area (Å²) in [5, 5.41) is 0. The lowest BCUT2D eigenvalue weighted by Gasteiger charge is -2.20. The second-order valence-electron chi connectivity index (χ2n) is 3.32. The van der Waals surface area contributed by atoms with Gasteiger partial charge in [-0.25, -0.2) is 0 Å². The van der Waals surface area contributed by atoms with Crippen molar-refractivity contribution >= 4 is 7.60 Å². The first-order chi connectivity index (χ1) is 7.04. The van der Waals surface area contributed by atoms with Gasteiger partial charge in [-0.3, -0.25) is 4.57 Å². The minimum Gasteiger partial charge on any atom is -0.348 e. The Kier molecular flexibility index (Phi) is 4.49. The van der Waals surface area contributed by atoms with Gasteiger partial charge in [0, 0.05) is 26.5 Å². The molecule has 1 fully saturated rings. The molecule has 1 aliphatic rings. The Hall–Kier alpha value is -0.190. The van der Waals surface area contributed by atoms with Gasteiger partial charge >= 0.3 is 7.60 Å². The van der Waals surface area contributed by atoms with E-state index in [1.165, 1.54) is 20.0 Å². The third-order valence-corrected chi connectivity index (χ3v) is 3.78. The van der Waals surface area contributed by atoms with Gasteiger partial charge < -0.3 is 18.5 Å². The molecule has 1 heterocycles. The van der Waals surface area contributed by atoms with E-state index < -0.39 is 13.4 Å². The van der Waals surface area contributed by atoms with E-state index >= 15 is 0 Å². The molecular weight excluding hydrogens is 219 g/mol. The Morgan fingerprint density at radius 1 is 1.33 bits per heavy atom. The highest BCUT2D eigenvalue weighted by Gasteiger charge is 2.29. The first-order valence-electron chi connectivity index (χ1n) is 4.70. The Labute approximate surface area is 89.9 Å². The second kappa shape index (κ2) is 5.23. The van der Waals surface area contributed by atoms with Gasteiger partial charge in [0.05, 0.1) is 13.2 Å². The van der Waals surface area contributed by atoms with Crippen molar-refractivity contribution < 1.29 is 23.1 Å². The molecule has 0 aliphatic carbocycles. The predicted octanol–water partition coefficient (Wildman–Crippen LogP) is 2.14. The molecule has 0 N–H and O–H groups in total. The van der Waals surface area contributed by atoms with Crippen LogP contribution in [0, 0.1) is 0 Å². The summed E-state index contributed by atoms with van der Waals surface area (Å²) in [7, 11) is -0.367. The molecule has 0 radical (unpaired) electrons. The van der Waals surface area contributed by atoms with Gasteiger partial charge in [-0.05, 0) is 6.92 Å². The van der Waals surface area contributed by atoms with Gasteiger partial charge in [0.1, 0.15) is 0 Å². The third kappa shape index (κ3) is 3.70. The molecular formula is C9H17O5P. The van der Waals surface area contributed by atoms with Crippen LogP contribution in [-0.4, -0.2) is 33.2 Å². The normalized spacial score (nSPS) is 21.3. The zero-order valence-corrected chi connectivity index (χ0v) is 10.2. The number of rotatable bonds is 5. The highest BCUT2D eigenvalue weighted by atomic mass is 31.2. The monoisotopic (exact) mass is 236 g/mol. The first kappa shape index (κ1) is 12.9. The van der Waals surface area contributed by atoms with Crippen LogP contribution in [0.5, 0.6) is 0 Å². The average molecular weight is 236 g/mol. The average Bonchev–Trinajstić information content (AvgIpc) is 2.65. The summed E-state index contributed by atoms with van der Waals surface area (Å²) in [4.78, 5) is 0. The highest BCUT2D eigenvalue weighted by molar-refractivity contribution is 7.57. The maximum absolute atomic E-state index is 11.6. The Morgan fingerprint density at radius 3 is 2.33 bits per heavy atom. The zero-order chi connectivity index (χ0) is 11.4. The van der Waals surface area contributed by atoms with E-state index in [1.807, 2.05) is 6.92 Å². The van der Waals surface area contributed by atoms with Crippen LogP contribution in [0.1, 0.15) is 13.3 Å². The lowest BCUT2D eigenvalue weighted by molar-refractivity contribution is -0.138. The minimum atomic E-state index is -3.06. The van der Waals surface area contributed by atoms with Gasteiger partial charge in [-0.1, -0.05) is 6.08 Å². The van der Waals surface area contributed by atoms with Gasteiger partial charge in [0.25, 0.3) is 0 Å². The molecule has 0 aromatic carbocycles. The Morgan fingerprint density at radius 2 is 1.87 bits per heavy atom. The van der Waals surface area contributed by atoms with Crippen molar-refractivity contribution in [3.63, 3.8) is 0 Å². The van der Waals surface area contributed by atoms with Crippen molar-refractivity contribution in [2.75, 3.05) is 27.4 Å². The van der Waals surface area contributed by atoms with E-state index in [2.05, 4.69) is 0 Å². The van der Waals surface area contributed by atoms with Crippen molar-refractivity contribution in [1.82, 2.24) is 0 Å². The Bertz CT molecular complexity index is 262. The fourth-order valence-corrected chi connectivity index (χ4v) is 2.02. The quantitative estimate of drug-likeness (QED) is 0.684. The molecule has 1 saturated heterocycles. The molecule has 6 heteroatoms. The topological polar surface area (TPSA) is 54.0 Å². The third-order valence-electron chi connectivity index (χ3n) is 2.18. The molecule has 0 aromatic rings. The van der Waals surface area contributed by atoms with Gasteiger partial charge in [0.2, 0.25) is 0 Å². The predicted molar refractivity (Wildman–Crippen MR) is 55.7 cm³/mol. The first-order valence-corrected chi connectivity index (χ1v) is 6.31. The number of hydrogen-bond acceptors (Lipinski definition) is 5. The molecule has 1 rings (SSSR count). The molecule has 5 nitrogen and oxygen atoms in total. The summed E-state index contributed by atoms with van der Waals surface area (Å²) in [6.07, 6.45) is 2.21. The smallest absolute Gasteiger partial charge is 0.348 e. The molecule has 1 aliphatic heterocycles. The molecule has 0 unspecified atom stereocenters. The SMILES string of the molecule is COP(=O)(/C=C/CC1(C)OCCO1)OC. The summed E-state index contributed by atoms with van der Waals surface area (Å²) in [6.45, 7) is 3.03. The molecule has 15 heavy (non-hydrogen) atoms. The summed E-state index contributed by atoms with van der Waals surface area (Å²) in [6, 6.07) is 0. The van der Waals surface area contributed by atoms with Crippen LogP contribution >= 0.6 is 7.60 Å². The fraction of sp³-hybridized carbons (Fsp3) is 0.778. The largest absolute Gasteiger partial charge is 0.353 e. The van der Waals surface area contributed by atoms with E-state index in [4.69, 9.17) is 18.5 Å². The van der Waals surface area contributed by atoms with Crippen molar-refractivity contribution in [3.8, 4) is 0 Å². The van der Waals surface area contributed by atoms with Crippen molar-refractivity contribution in [2.45, 2.75) is 19.1 Å². The molecule has 0 amide bonds. The van der Waals surface area contributed by atoms with E-state index in [0.717, 1.165) is 0 Å². The molecule has 0 saturated carbocycles. The summed E-state index contributed by atoms with van der Waals surface area (Å²) in [5.74, 6) is 0.812. The van der Waals surface area contributed by atoms with Crippen molar-refractivity contribution in [1.29, 1.82) is 0 Å². The van der Waals surface area contributed by atoms with E-state index in [9.17, 15) is 4.57 Å². The molecule has 88 valence electrons. The minimum absolute atomic E-state index is 0.518. The van der Waals surface area contributed by atoms with Crippen LogP contribution in [0.3, 0.4) is 0 Å². The van der Waals surface area contributed by atoms with Gasteiger partial charge in [-0.15, -0.1) is 0 Å². The highest BCUT2D eigenvalue weighted by Crippen LogP contribution is 2.48. The molecule has 0 atom stereocenters. The van der Waals surface area contributed by atoms with Crippen LogP contribution in [0.2, 0.25) is 0 Å². The van der Waals surface area contributed by atoms with E-state index in [-0.39, 0.29) is 0 Å². The summed E-state index contributed by atoms with van der Waals surface area (Å²) >= 11 is 0. The molecule has 0 spiro atoms. The molecule has 0 aromatic heterocycles. The second-order valence-corrected chi connectivity index (χ2v) is 5.43. The number of hydrogen-bond donors (Lipinski definition) is 0. The van der Waals surface area contributed by atoms with Crippen LogP contribution in [0.25, 0.3) is 0 Å². The lowest BCUT2D eigenvalue weighted by atomic mass is 10.2. The summed E-state index contributed by atoms with van der Waals surface area (Å²) in [5.41, 5.74) is 0. The molecule has 0 bridgehead atoms. The maximum atomic E-state index is 11.6. The lowest BCUT2D eigenvalue weighted by Crippen LogP contribution is -2.24. The Balaban J connectivity index is 2.48. The zero-order valence-electron chi connectivity index (χ0n) is 9.26. The van der Waals surface area contributed by atoms with Gasteiger partial charge in [0.15, 0.2) is 5.79 Å².